The van der Waals surface area contributed by atoms with E-state index < -0.39 is 33.0 Å². The summed E-state index contributed by atoms with van der Waals surface area (Å²) >= 11 is 0.997. The number of hydrogen-bond acceptors (Lipinski definition) is 4. The molecule has 0 saturated heterocycles. The first-order chi connectivity index (χ1) is 10.8. The van der Waals surface area contributed by atoms with Crippen LogP contribution >= 0.6 is 11.3 Å². The first kappa shape index (κ1) is 18.5. The second-order valence-corrected chi connectivity index (χ2v) is 9.10. The van der Waals surface area contributed by atoms with Gasteiger partial charge in [0.05, 0.1) is 5.56 Å². The molecule has 2 N–H and O–H groups in total. The zero-order chi connectivity index (χ0) is 18.3. The van der Waals surface area contributed by atoms with Crippen LogP contribution in [0.3, 0.4) is 0 Å². The molecule has 2 aromatic rings. The molecule has 5 nitrogen and oxygen atoms in total. The molecule has 0 aromatic carbocycles. The summed E-state index contributed by atoms with van der Waals surface area (Å²) in [5.74, 6) is 0. The average Bonchev–Trinajstić information content (AvgIpc) is 2.90. The number of aromatic amines is 1. The minimum absolute atomic E-state index is 0.0794. The van der Waals surface area contributed by atoms with E-state index in [9.17, 15) is 26.4 Å². The van der Waals surface area contributed by atoms with Crippen LogP contribution in [0, 0.1) is 0 Å². The number of halogens is 3. The highest BCUT2D eigenvalue weighted by Crippen LogP contribution is 2.33. The van der Waals surface area contributed by atoms with Gasteiger partial charge in [0.15, 0.2) is 0 Å². The molecule has 0 saturated carbocycles. The molecule has 0 amide bonds. The van der Waals surface area contributed by atoms with Crippen molar-refractivity contribution in [3.63, 3.8) is 0 Å². The molecular formula is C14H15F3N2O3S2. The number of alkyl halides is 3. The fourth-order valence-electron chi connectivity index (χ4n) is 1.79. The quantitative estimate of drug-likeness (QED) is 0.855. The lowest BCUT2D eigenvalue weighted by Crippen LogP contribution is -2.21. The number of H-pyrrole nitrogens is 1. The average molecular weight is 380 g/mol. The van der Waals surface area contributed by atoms with E-state index in [1.54, 1.807) is 6.07 Å². The van der Waals surface area contributed by atoms with E-state index in [-0.39, 0.29) is 9.62 Å². The van der Waals surface area contributed by atoms with Crippen LogP contribution in [0.2, 0.25) is 0 Å². The Bertz CT molecular complexity index is 906. The first-order valence-electron chi connectivity index (χ1n) is 6.74. The van der Waals surface area contributed by atoms with Crippen molar-refractivity contribution in [2.75, 3.05) is 4.72 Å². The molecule has 0 aliphatic heterocycles. The van der Waals surface area contributed by atoms with Crippen molar-refractivity contribution in [1.29, 1.82) is 0 Å². The molecule has 24 heavy (non-hydrogen) atoms. The van der Waals surface area contributed by atoms with E-state index in [0.717, 1.165) is 16.2 Å². The van der Waals surface area contributed by atoms with E-state index in [1.807, 2.05) is 30.5 Å². The van der Waals surface area contributed by atoms with E-state index in [0.29, 0.717) is 12.3 Å². The second-order valence-electron chi connectivity index (χ2n) is 6.10. The summed E-state index contributed by atoms with van der Waals surface area (Å²) in [6, 6.07) is 3.46. The summed E-state index contributed by atoms with van der Waals surface area (Å²) in [6.45, 7) is 5.71. The Kier molecular flexibility index (Phi) is 4.57. The SMILES string of the molecule is CC(C)(C)c1ccc(S(=O)(=O)Nc2cc(C(F)(F)F)c[nH]c2=O)s1. The molecule has 2 heterocycles. The standard InChI is InChI=1S/C14H15F3N2O3S2/c1-13(2,3)10-4-5-11(23-10)24(21,22)19-9-6-8(14(15,16)17)7-18-12(9)20/h4-7,19H,1-3H3,(H,18,20). The van der Waals surface area contributed by atoms with Gasteiger partial charge >= 0.3 is 6.18 Å². The molecular weight excluding hydrogens is 365 g/mol. The maximum atomic E-state index is 12.7. The number of rotatable bonds is 3. The zero-order valence-corrected chi connectivity index (χ0v) is 14.6. The number of thiophene rings is 1. The van der Waals surface area contributed by atoms with Gasteiger partial charge in [-0.2, -0.15) is 13.2 Å². The predicted molar refractivity (Wildman–Crippen MR) is 85.9 cm³/mol. The normalized spacial score (nSPS) is 13.1. The summed E-state index contributed by atoms with van der Waals surface area (Å²) in [5, 5.41) is 0. The van der Waals surface area contributed by atoms with Gasteiger partial charge in [-0.25, -0.2) is 8.42 Å². The van der Waals surface area contributed by atoms with Crippen molar-refractivity contribution in [2.45, 2.75) is 36.6 Å². The van der Waals surface area contributed by atoms with Gasteiger partial charge in [-0.15, -0.1) is 11.3 Å². The van der Waals surface area contributed by atoms with Crippen LogP contribution in [0.15, 0.2) is 33.4 Å². The molecule has 0 fully saturated rings. The van der Waals surface area contributed by atoms with Gasteiger partial charge < -0.3 is 4.98 Å². The van der Waals surface area contributed by atoms with Crippen LogP contribution in [-0.4, -0.2) is 13.4 Å². The second kappa shape index (κ2) is 5.92. The Balaban J connectivity index is 2.40. The maximum Gasteiger partial charge on any atom is 0.417 e. The van der Waals surface area contributed by atoms with E-state index >= 15 is 0 Å². The highest BCUT2D eigenvalue weighted by Gasteiger charge is 2.32. The monoisotopic (exact) mass is 380 g/mol. The van der Waals surface area contributed by atoms with Crippen molar-refractivity contribution >= 4 is 27.0 Å². The molecule has 0 bridgehead atoms. The van der Waals surface area contributed by atoms with Crippen molar-refractivity contribution in [1.82, 2.24) is 4.98 Å². The van der Waals surface area contributed by atoms with Crippen molar-refractivity contribution in [3.05, 3.63) is 45.2 Å². The van der Waals surface area contributed by atoms with Gasteiger partial charge in [-0.1, -0.05) is 20.8 Å². The number of pyridine rings is 1. The third-order valence-corrected chi connectivity index (χ3v) is 6.43. The highest BCUT2D eigenvalue weighted by atomic mass is 32.2. The van der Waals surface area contributed by atoms with Gasteiger partial charge in [0.25, 0.3) is 15.6 Å². The number of nitrogens with one attached hydrogen (secondary N) is 2. The van der Waals surface area contributed by atoms with Gasteiger partial charge in [0.2, 0.25) is 0 Å². The Morgan fingerprint density at radius 3 is 2.29 bits per heavy atom. The van der Waals surface area contributed by atoms with Crippen molar-refractivity contribution in [2.24, 2.45) is 0 Å². The molecule has 0 aliphatic carbocycles. The van der Waals surface area contributed by atoms with E-state index in [1.165, 1.54) is 6.07 Å². The Hall–Kier alpha value is -1.81. The van der Waals surface area contributed by atoms with Crippen LogP contribution in [0.4, 0.5) is 18.9 Å². The largest absolute Gasteiger partial charge is 0.417 e. The van der Waals surface area contributed by atoms with Gasteiger partial charge in [0.1, 0.15) is 9.90 Å². The lowest BCUT2D eigenvalue weighted by atomic mass is 9.95. The number of hydrogen-bond donors (Lipinski definition) is 2. The third-order valence-electron chi connectivity index (χ3n) is 3.06. The van der Waals surface area contributed by atoms with Crippen LogP contribution in [-0.2, 0) is 21.6 Å². The Morgan fingerprint density at radius 1 is 1.17 bits per heavy atom. The molecule has 10 heteroatoms. The summed E-state index contributed by atoms with van der Waals surface area (Å²) < 4.78 is 64.6. The molecule has 2 aromatic heterocycles. The lowest BCUT2D eigenvalue weighted by Gasteiger charge is -2.15. The van der Waals surface area contributed by atoms with Gasteiger partial charge in [-0.05, 0) is 23.6 Å². The topological polar surface area (TPSA) is 79.0 Å². The van der Waals surface area contributed by atoms with Gasteiger partial charge in [-0.3, -0.25) is 9.52 Å². The van der Waals surface area contributed by atoms with Crippen LogP contribution in [0.5, 0.6) is 0 Å². The summed E-state index contributed by atoms with van der Waals surface area (Å²) in [7, 11) is -4.16. The molecule has 132 valence electrons. The molecule has 0 unspecified atom stereocenters. The van der Waals surface area contributed by atoms with Crippen LogP contribution in [0.25, 0.3) is 0 Å². The zero-order valence-electron chi connectivity index (χ0n) is 13.0. The highest BCUT2D eigenvalue weighted by molar-refractivity contribution is 7.94. The Morgan fingerprint density at radius 2 is 1.79 bits per heavy atom. The molecule has 0 aliphatic rings. The maximum absolute atomic E-state index is 12.7. The summed E-state index contributed by atoms with van der Waals surface area (Å²) in [4.78, 5) is 14.3. The summed E-state index contributed by atoms with van der Waals surface area (Å²) in [6.07, 6.45) is -4.21. The number of anilines is 1. The minimum atomic E-state index is -4.70. The van der Waals surface area contributed by atoms with Crippen LogP contribution < -0.4 is 10.3 Å². The fourth-order valence-corrected chi connectivity index (χ4v) is 4.20. The third kappa shape index (κ3) is 3.99. The predicted octanol–water partition coefficient (Wildman–Crippen LogP) is 3.55. The molecule has 2 rings (SSSR count). The smallest absolute Gasteiger partial charge is 0.327 e. The molecule has 0 radical (unpaired) electrons. The van der Waals surface area contributed by atoms with Crippen molar-refractivity contribution < 1.29 is 21.6 Å². The fraction of sp³-hybridized carbons (Fsp3) is 0.357. The lowest BCUT2D eigenvalue weighted by molar-refractivity contribution is -0.137. The van der Waals surface area contributed by atoms with Crippen LogP contribution in [0.1, 0.15) is 31.2 Å². The number of aromatic nitrogens is 1. The number of sulfonamides is 1. The van der Waals surface area contributed by atoms with Crippen molar-refractivity contribution in [3.8, 4) is 0 Å². The molecule has 0 atom stereocenters. The van der Waals surface area contributed by atoms with E-state index in [2.05, 4.69) is 0 Å². The first-order valence-corrected chi connectivity index (χ1v) is 9.04. The summed E-state index contributed by atoms with van der Waals surface area (Å²) in [5.41, 5.74) is -3.07. The molecule has 0 spiro atoms. The minimum Gasteiger partial charge on any atom is -0.327 e. The Labute approximate surface area is 140 Å². The van der Waals surface area contributed by atoms with E-state index in [4.69, 9.17) is 0 Å². The van der Waals surface area contributed by atoms with Gasteiger partial charge in [0, 0.05) is 11.1 Å².